The molecule has 196 valence electrons. The van der Waals surface area contributed by atoms with E-state index in [1.165, 1.54) is 54.5 Å². The van der Waals surface area contributed by atoms with Crippen molar-refractivity contribution in [3.05, 3.63) is 137 Å². The average Bonchev–Trinajstić information content (AvgIpc) is 3.71. The van der Waals surface area contributed by atoms with Crippen LogP contribution in [-0.2, 0) is 4.74 Å². The molecule has 8 nitrogen and oxygen atoms in total. The maximum absolute atomic E-state index is 13.7. The van der Waals surface area contributed by atoms with Gasteiger partial charge in [0.25, 0.3) is 17.7 Å². The largest absolute Gasteiger partial charge is 0.465 e. The maximum atomic E-state index is 13.7. The zero-order valence-corrected chi connectivity index (χ0v) is 21.3. The summed E-state index contributed by atoms with van der Waals surface area (Å²) in [6.45, 7) is 0. The molecule has 8 heteroatoms. The van der Waals surface area contributed by atoms with Crippen LogP contribution in [0.4, 0.5) is 5.69 Å². The first-order valence-corrected chi connectivity index (χ1v) is 12.6. The summed E-state index contributed by atoms with van der Waals surface area (Å²) >= 11 is 0. The van der Waals surface area contributed by atoms with E-state index in [-0.39, 0.29) is 33.7 Å². The number of rotatable bonds is 6. The molecule has 0 radical (unpaired) electrons. The smallest absolute Gasteiger partial charge is 0.337 e. The molecule has 2 heterocycles. The number of carbonyl (C=O) groups excluding carboxylic acids is 5. The SMILES string of the molecule is COC(=O)c1ccc(N2C(=O)c3ccc(C(=O)N4[C@@H](C(=O)c5ccccc5)[C@@H]4c4ccccc4)cc3C2=O)cc1. The van der Waals surface area contributed by atoms with Crippen LogP contribution in [0.15, 0.2) is 103 Å². The predicted molar refractivity (Wildman–Crippen MR) is 145 cm³/mol. The fourth-order valence-electron chi connectivity index (χ4n) is 5.14. The Bertz CT molecular complexity index is 1680. The van der Waals surface area contributed by atoms with Gasteiger partial charge in [-0.25, -0.2) is 9.69 Å². The zero-order chi connectivity index (χ0) is 28.0. The summed E-state index contributed by atoms with van der Waals surface area (Å²) in [5.74, 6) is -2.23. The van der Waals surface area contributed by atoms with Gasteiger partial charge in [-0.15, -0.1) is 0 Å². The molecule has 2 aliphatic rings. The Morgan fingerprint density at radius 3 is 1.93 bits per heavy atom. The third kappa shape index (κ3) is 4.06. The Labute approximate surface area is 229 Å². The molecule has 0 bridgehead atoms. The highest BCUT2D eigenvalue weighted by Crippen LogP contribution is 2.46. The first-order chi connectivity index (χ1) is 19.4. The summed E-state index contributed by atoms with van der Waals surface area (Å²) in [6, 6.07) is 27.3. The summed E-state index contributed by atoms with van der Waals surface area (Å²) in [5.41, 5.74) is 2.37. The van der Waals surface area contributed by atoms with Gasteiger partial charge in [-0.1, -0.05) is 60.7 Å². The molecule has 0 unspecified atom stereocenters. The summed E-state index contributed by atoms with van der Waals surface area (Å²) < 4.78 is 4.69. The molecule has 6 rings (SSSR count). The summed E-state index contributed by atoms with van der Waals surface area (Å²) in [4.78, 5) is 67.8. The second-order valence-electron chi connectivity index (χ2n) is 9.49. The summed E-state index contributed by atoms with van der Waals surface area (Å²) in [7, 11) is 1.26. The van der Waals surface area contributed by atoms with Crippen molar-refractivity contribution in [1.29, 1.82) is 0 Å². The van der Waals surface area contributed by atoms with Gasteiger partial charge in [-0.3, -0.25) is 19.2 Å². The Hall–Kier alpha value is -5.37. The molecule has 2 aliphatic heterocycles. The van der Waals surface area contributed by atoms with E-state index in [0.29, 0.717) is 5.56 Å². The molecule has 0 N–H and O–H groups in total. The van der Waals surface area contributed by atoms with E-state index < -0.39 is 35.8 Å². The van der Waals surface area contributed by atoms with Crippen LogP contribution < -0.4 is 4.90 Å². The van der Waals surface area contributed by atoms with Crippen LogP contribution in [0.5, 0.6) is 0 Å². The topological polar surface area (TPSA) is 101 Å². The standard InChI is InChI=1S/C32H22N2O6/c1-40-32(39)21-12-15-23(16-13-21)33-30(37)24-17-14-22(18-25(24)31(33)38)29(36)34-26(19-8-4-2-5-9-19)27(34)28(35)20-10-6-3-7-11-20/h2-18,26-27H,1H3/t26-,27+,34?/m0/s1. The van der Waals surface area contributed by atoms with E-state index in [2.05, 4.69) is 0 Å². The molecule has 4 aromatic rings. The van der Waals surface area contributed by atoms with Crippen LogP contribution in [-0.4, -0.2) is 47.5 Å². The second-order valence-corrected chi connectivity index (χ2v) is 9.49. The number of ether oxygens (including phenoxy) is 1. The number of esters is 1. The van der Waals surface area contributed by atoms with Gasteiger partial charge in [-0.2, -0.15) is 0 Å². The number of methoxy groups -OCH3 is 1. The normalized spacial score (nSPS) is 17.4. The minimum absolute atomic E-state index is 0.0944. The lowest BCUT2D eigenvalue weighted by molar-refractivity contribution is 0.0600. The molecular formula is C32H22N2O6. The lowest BCUT2D eigenvalue weighted by Crippen LogP contribution is -2.29. The first kappa shape index (κ1) is 24.9. The van der Waals surface area contributed by atoms with Crippen molar-refractivity contribution in [2.24, 2.45) is 0 Å². The van der Waals surface area contributed by atoms with E-state index in [0.717, 1.165) is 10.5 Å². The Morgan fingerprint density at radius 1 is 0.675 bits per heavy atom. The third-order valence-electron chi connectivity index (χ3n) is 7.19. The number of hydrogen-bond donors (Lipinski definition) is 0. The van der Waals surface area contributed by atoms with Crippen molar-refractivity contribution in [1.82, 2.24) is 4.90 Å². The number of benzene rings is 4. The zero-order valence-electron chi connectivity index (χ0n) is 21.3. The second kappa shape index (κ2) is 9.74. The lowest BCUT2D eigenvalue weighted by atomic mass is 10.0. The molecular weight excluding hydrogens is 508 g/mol. The van der Waals surface area contributed by atoms with Crippen LogP contribution in [0.3, 0.4) is 0 Å². The molecule has 1 fully saturated rings. The number of ketones is 1. The van der Waals surface area contributed by atoms with Crippen LogP contribution in [0.25, 0.3) is 0 Å². The van der Waals surface area contributed by atoms with E-state index in [1.807, 2.05) is 36.4 Å². The van der Waals surface area contributed by atoms with Crippen LogP contribution in [0.1, 0.15) is 63.4 Å². The quantitative estimate of drug-likeness (QED) is 0.155. The number of nitrogens with zero attached hydrogens (tertiary/aromatic N) is 2. The van der Waals surface area contributed by atoms with Gasteiger partial charge in [0.05, 0.1) is 35.5 Å². The van der Waals surface area contributed by atoms with Crippen LogP contribution >= 0.6 is 0 Å². The van der Waals surface area contributed by atoms with Gasteiger partial charge in [0.1, 0.15) is 6.04 Å². The van der Waals surface area contributed by atoms with Gasteiger partial charge in [0.15, 0.2) is 5.78 Å². The van der Waals surface area contributed by atoms with Crippen molar-refractivity contribution >= 4 is 35.2 Å². The van der Waals surface area contributed by atoms with E-state index >= 15 is 0 Å². The lowest BCUT2D eigenvalue weighted by Gasteiger charge is -2.14. The molecule has 0 aliphatic carbocycles. The fourth-order valence-corrected chi connectivity index (χ4v) is 5.14. The highest BCUT2D eigenvalue weighted by atomic mass is 16.5. The monoisotopic (exact) mass is 530 g/mol. The van der Waals surface area contributed by atoms with Gasteiger partial charge in [0, 0.05) is 11.1 Å². The van der Waals surface area contributed by atoms with E-state index in [1.54, 1.807) is 24.3 Å². The highest BCUT2D eigenvalue weighted by Gasteiger charge is 2.56. The number of fused-ring (bicyclic) bond motifs is 1. The molecule has 40 heavy (non-hydrogen) atoms. The Kier molecular flexibility index (Phi) is 6.07. The number of hydrogen-bond acceptors (Lipinski definition) is 6. The van der Waals surface area contributed by atoms with E-state index in [9.17, 15) is 24.0 Å². The van der Waals surface area contributed by atoms with Crippen LogP contribution in [0.2, 0.25) is 0 Å². The van der Waals surface area contributed by atoms with Crippen molar-refractivity contribution in [3.63, 3.8) is 0 Å². The molecule has 0 aromatic heterocycles. The van der Waals surface area contributed by atoms with Gasteiger partial charge >= 0.3 is 5.97 Å². The van der Waals surface area contributed by atoms with Crippen molar-refractivity contribution < 1.29 is 28.7 Å². The molecule has 0 spiro atoms. The molecule has 4 aromatic carbocycles. The minimum atomic E-state index is -0.687. The van der Waals surface area contributed by atoms with Crippen molar-refractivity contribution in [3.8, 4) is 0 Å². The van der Waals surface area contributed by atoms with Crippen molar-refractivity contribution in [2.75, 3.05) is 12.0 Å². The van der Waals surface area contributed by atoms with E-state index in [4.69, 9.17) is 4.74 Å². The average molecular weight is 531 g/mol. The third-order valence-corrected chi connectivity index (χ3v) is 7.19. The molecule has 1 saturated heterocycles. The van der Waals surface area contributed by atoms with Gasteiger partial charge in [-0.05, 0) is 48.0 Å². The minimum Gasteiger partial charge on any atom is -0.465 e. The summed E-state index contributed by atoms with van der Waals surface area (Å²) in [5, 5.41) is 0. The molecule has 2 atom stereocenters. The number of Topliss-reactive ketones (excluding diaryl/α,β-unsaturated/α-hetero) is 1. The molecule has 3 amide bonds. The number of anilines is 1. The number of amides is 3. The predicted octanol–water partition coefficient (Wildman–Crippen LogP) is 4.72. The Balaban J connectivity index is 1.30. The van der Waals surface area contributed by atoms with Gasteiger partial charge < -0.3 is 9.64 Å². The Morgan fingerprint density at radius 2 is 1.27 bits per heavy atom. The summed E-state index contributed by atoms with van der Waals surface area (Å²) in [6.07, 6.45) is 0. The van der Waals surface area contributed by atoms with Gasteiger partial charge in [0.2, 0.25) is 0 Å². The maximum Gasteiger partial charge on any atom is 0.337 e. The number of carbonyl (C=O) groups is 5. The van der Waals surface area contributed by atoms with Crippen molar-refractivity contribution in [2.45, 2.75) is 12.1 Å². The number of imide groups is 1. The molecule has 0 saturated carbocycles. The fraction of sp³-hybridized carbons (Fsp3) is 0.0938. The van der Waals surface area contributed by atoms with Crippen LogP contribution in [0, 0.1) is 0 Å². The highest BCUT2D eigenvalue weighted by molar-refractivity contribution is 6.34. The first-order valence-electron chi connectivity index (χ1n) is 12.6.